The first kappa shape index (κ1) is 16.8. The van der Waals surface area contributed by atoms with Crippen molar-refractivity contribution < 1.29 is 9.59 Å². The van der Waals surface area contributed by atoms with Crippen molar-refractivity contribution in [1.29, 1.82) is 0 Å². The van der Waals surface area contributed by atoms with Crippen molar-refractivity contribution >= 4 is 35.6 Å². The number of nitrogens with two attached hydrogens (primary N) is 1. The van der Waals surface area contributed by atoms with Crippen LogP contribution in [0.15, 0.2) is 5.38 Å². The SMILES string of the molecule is CCCNC(=O)CNC(=O)c1csc(CN)n1.Cl. The number of thiazole rings is 1. The van der Waals surface area contributed by atoms with Crippen molar-refractivity contribution in [3.05, 3.63) is 16.1 Å². The minimum absolute atomic E-state index is 0. The summed E-state index contributed by atoms with van der Waals surface area (Å²) in [4.78, 5) is 26.8. The van der Waals surface area contributed by atoms with Gasteiger partial charge in [-0.2, -0.15) is 0 Å². The van der Waals surface area contributed by atoms with Crippen LogP contribution >= 0.6 is 23.7 Å². The van der Waals surface area contributed by atoms with Gasteiger partial charge in [0.25, 0.3) is 5.91 Å². The Kier molecular flexibility index (Phi) is 8.27. The van der Waals surface area contributed by atoms with Crippen LogP contribution in [0.2, 0.25) is 0 Å². The summed E-state index contributed by atoms with van der Waals surface area (Å²) in [6.07, 6.45) is 0.867. The highest BCUT2D eigenvalue weighted by molar-refractivity contribution is 7.09. The fraction of sp³-hybridized carbons (Fsp3) is 0.500. The van der Waals surface area contributed by atoms with Gasteiger partial charge in [-0.1, -0.05) is 6.92 Å². The number of rotatable bonds is 6. The van der Waals surface area contributed by atoms with E-state index in [1.54, 1.807) is 5.38 Å². The molecule has 6 nitrogen and oxygen atoms in total. The summed E-state index contributed by atoms with van der Waals surface area (Å²) in [5.74, 6) is -0.554. The Morgan fingerprint density at radius 3 is 2.72 bits per heavy atom. The summed E-state index contributed by atoms with van der Waals surface area (Å²) in [7, 11) is 0. The Balaban J connectivity index is 0.00000289. The Morgan fingerprint density at radius 1 is 1.44 bits per heavy atom. The molecule has 0 saturated carbocycles. The summed E-state index contributed by atoms with van der Waals surface area (Å²) in [6, 6.07) is 0. The molecule has 1 aromatic rings. The van der Waals surface area contributed by atoms with Crippen LogP contribution in [-0.2, 0) is 11.3 Å². The third kappa shape index (κ3) is 5.44. The van der Waals surface area contributed by atoms with Crippen molar-refractivity contribution in [3.63, 3.8) is 0 Å². The van der Waals surface area contributed by atoms with Gasteiger partial charge >= 0.3 is 0 Å². The van der Waals surface area contributed by atoms with Gasteiger partial charge in [-0.05, 0) is 6.42 Å². The molecule has 1 rings (SSSR count). The molecule has 0 saturated heterocycles. The van der Waals surface area contributed by atoms with Gasteiger partial charge in [0.1, 0.15) is 10.7 Å². The fourth-order valence-corrected chi connectivity index (χ4v) is 1.74. The molecular formula is C10H17ClN4O2S. The molecular weight excluding hydrogens is 276 g/mol. The molecule has 102 valence electrons. The van der Waals surface area contributed by atoms with Gasteiger partial charge in [0.15, 0.2) is 0 Å². The van der Waals surface area contributed by atoms with Gasteiger partial charge in [0.2, 0.25) is 5.91 Å². The van der Waals surface area contributed by atoms with Gasteiger partial charge in [-0.25, -0.2) is 4.98 Å². The fourth-order valence-electron chi connectivity index (χ4n) is 1.09. The number of nitrogens with zero attached hydrogens (tertiary/aromatic N) is 1. The van der Waals surface area contributed by atoms with Crippen LogP contribution in [0.3, 0.4) is 0 Å². The number of carbonyl (C=O) groups excluding carboxylic acids is 2. The van der Waals surface area contributed by atoms with E-state index in [1.807, 2.05) is 6.92 Å². The summed E-state index contributed by atoms with van der Waals surface area (Å²) in [6.45, 7) is 2.86. The number of hydrogen-bond acceptors (Lipinski definition) is 5. The molecule has 0 aliphatic rings. The minimum atomic E-state index is -0.354. The molecule has 0 aliphatic carbocycles. The van der Waals surface area contributed by atoms with E-state index in [-0.39, 0.29) is 30.8 Å². The zero-order valence-corrected chi connectivity index (χ0v) is 11.7. The zero-order valence-electron chi connectivity index (χ0n) is 10.1. The maximum absolute atomic E-state index is 11.6. The van der Waals surface area contributed by atoms with Gasteiger partial charge in [-0.3, -0.25) is 9.59 Å². The molecule has 2 amide bonds. The summed E-state index contributed by atoms with van der Waals surface area (Å²) in [5, 5.41) is 7.49. The van der Waals surface area contributed by atoms with E-state index in [1.165, 1.54) is 11.3 Å². The lowest BCUT2D eigenvalue weighted by Crippen LogP contribution is -2.37. The number of amides is 2. The number of halogens is 1. The summed E-state index contributed by atoms with van der Waals surface area (Å²) >= 11 is 1.33. The molecule has 0 aliphatic heterocycles. The highest BCUT2D eigenvalue weighted by Crippen LogP contribution is 2.08. The van der Waals surface area contributed by atoms with E-state index >= 15 is 0 Å². The predicted octanol–water partition coefficient (Wildman–Crippen LogP) is 0.280. The van der Waals surface area contributed by atoms with E-state index in [4.69, 9.17) is 5.73 Å². The third-order valence-corrected chi connectivity index (χ3v) is 2.81. The van der Waals surface area contributed by atoms with Crippen LogP contribution in [0.25, 0.3) is 0 Å². The monoisotopic (exact) mass is 292 g/mol. The summed E-state index contributed by atoms with van der Waals surface area (Å²) in [5.41, 5.74) is 5.70. The molecule has 1 aromatic heterocycles. The van der Waals surface area contributed by atoms with E-state index < -0.39 is 0 Å². The van der Waals surface area contributed by atoms with Gasteiger partial charge in [-0.15, -0.1) is 23.7 Å². The second-order valence-corrected chi connectivity index (χ2v) is 4.31. The van der Waals surface area contributed by atoms with Crippen molar-refractivity contribution in [2.75, 3.05) is 13.1 Å². The predicted molar refractivity (Wildman–Crippen MR) is 72.9 cm³/mol. The normalized spacial score (nSPS) is 9.44. The molecule has 8 heteroatoms. The second-order valence-electron chi connectivity index (χ2n) is 3.36. The van der Waals surface area contributed by atoms with Crippen LogP contribution in [0, 0.1) is 0 Å². The van der Waals surface area contributed by atoms with Crippen LogP contribution in [0.5, 0.6) is 0 Å². The van der Waals surface area contributed by atoms with Crippen molar-refractivity contribution in [1.82, 2.24) is 15.6 Å². The van der Waals surface area contributed by atoms with Crippen LogP contribution in [0.4, 0.5) is 0 Å². The molecule has 4 N–H and O–H groups in total. The van der Waals surface area contributed by atoms with Crippen molar-refractivity contribution in [2.45, 2.75) is 19.9 Å². The van der Waals surface area contributed by atoms with Crippen LogP contribution in [-0.4, -0.2) is 29.9 Å². The number of nitrogens with one attached hydrogen (secondary N) is 2. The second kappa shape index (κ2) is 8.84. The van der Waals surface area contributed by atoms with Crippen molar-refractivity contribution in [3.8, 4) is 0 Å². The Bertz CT molecular complexity index is 397. The Hall–Kier alpha value is -1.18. The lowest BCUT2D eigenvalue weighted by atomic mass is 10.4. The first-order chi connectivity index (χ1) is 8.17. The van der Waals surface area contributed by atoms with Gasteiger partial charge < -0.3 is 16.4 Å². The molecule has 0 spiro atoms. The van der Waals surface area contributed by atoms with E-state index in [9.17, 15) is 9.59 Å². The zero-order chi connectivity index (χ0) is 12.7. The maximum atomic E-state index is 11.6. The Labute approximate surface area is 116 Å². The van der Waals surface area contributed by atoms with Crippen LogP contribution < -0.4 is 16.4 Å². The molecule has 0 radical (unpaired) electrons. The first-order valence-electron chi connectivity index (χ1n) is 5.36. The topological polar surface area (TPSA) is 97.1 Å². The molecule has 0 unspecified atom stereocenters. The maximum Gasteiger partial charge on any atom is 0.271 e. The first-order valence-corrected chi connectivity index (χ1v) is 6.24. The molecule has 0 aromatic carbocycles. The number of hydrogen-bond donors (Lipinski definition) is 3. The lowest BCUT2D eigenvalue weighted by Gasteiger charge is -2.04. The molecule has 18 heavy (non-hydrogen) atoms. The van der Waals surface area contributed by atoms with Gasteiger partial charge in [0, 0.05) is 18.5 Å². The smallest absolute Gasteiger partial charge is 0.271 e. The number of carbonyl (C=O) groups is 2. The van der Waals surface area contributed by atoms with E-state index in [0.29, 0.717) is 23.8 Å². The highest BCUT2D eigenvalue weighted by Gasteiger charge is 2.11. The minimum Gasteiger partial charge on any atom is -0.355 e. The molecule has 0 fully saturated rings. The third-order valence-electron chi connectivity index (χ3n) is 1.94. The Morgan fingerprint density at radius 2 is 2.17 bits per heavy atom. The van der Waals surface area contributed by atoms with E-state index in [0.717, 1.165) is 6.42 Å². The largest absolute Gasteiger partial charge is 0.355 e. The standard InChI is InChI=1S/C10H16N4O2S.ClH/c1-2-3-12-8(15)5-13-10(16)7-6-17-9(4-11)14-7;/h6H,2-5,11H2,1H3,(H,12,15)(H,13,16);1H. The van der Waals surface area contributed by atoms with Gasteiger partial charge in [0.05, 0.1) is 6.54 Å². The van der Waals surface area contributed by atoms with E-state index in [2.05, 4.69) is 15.6 Å². The summed E-state index contributed by atoms with van der Waals surface area (Å²) < 4.78 is 0. The van der Waals surface area contributed by atoms with Crippen molar-refractivity contribution in [2.24, 2.45) is 5.73 Å². The lowest BCUT2D eigenvalue weighted by molar-refractivity contribution is -0.120. The quantitative estimate of drug-likeness (QED) is 0.701. The highest BCUT2D eigenvalue weighted by atomic mass is 35.5. The molecule has 0 atom stereocenters. The number of aromatic nitrogens is 1. The molecule has 1 heterocycles. The average Bonchev–Trinajstić information content (AvgIpc) is 2.82. The average molecular weight is 293 g/mol. The molecule has 0 bridgehead atoms. The van der Waals surface area contributed by atoms with Crippen LogP contribution in [0.1, 0.15) is 28.8 Å².